The number of ketones is 1. The molecule has 1 amide bonds. The fourth-order valence-electron chi connectivity index (χ4n) is 4.19. The van der Waals surface area contributed by atoms with E-state index < -0.39 is 0 Å². The normalized spacial score (nSPS) is 15.9. The Labute approximate surface area is 190 Å². The van der Waals surface area contributed by atoms with Crippen molar-refractivity contribution in [1.82, 2.24) is 9.47 Å². The number of ether oxygens (including phenoxy) is 1. The monoisotopic (exact) mass is 448 g/mol. The third kappa shape index (κ3) is 4.26. The number of furan rings is 1. The molecule has 3 aromatic heterocycles. The number of carbonyl (C=O) groups excluding carboxylic acids is 2. The third-order valence-corrected chi connectivity index (χ3v) is 6.65. The van der Waals surface area contributed by atoms with Crippen LogP contribution in [0.5, 0.6) is 0 Å². The Morgan fingerprint density at radius 1 is 1.12 bits per heavy atom. The number of hydrogen-bond acceptors (Lipinski definition) is 5. The second-order valence-corrected chi connectivity index (χ2v) is 8.92. The fourth-order valence-corrected chi connectivity index (χ4v) is 5.01. The summed E-state index contributed by atoms with van der Waals surface area (Å²) in [7, 11) is 0. The molecule has 4 heterocycles. The lowest BCUT2D eigenvalue weighted by Gasteiger charge is -2.25. The largest absolute Gasteiger partial charge is 0.467 e. The second-order valence-electron chi connectivity index (χ2n) is 7.98. The Balaban J connectivity index is 1.47. The number of benzene rings is 1. The maximum atomic E-state index is 13.8. The van der Waals surface area contributed by atoms with Crippen LogP contribution in [0.2, 0.25) is 0 Å². The first-order chi connectivity index (χ1) is 15.7. The van der Waals surface area contributed by atoms with Gasteiger partial charge in [0, 0.05) is 18.7 Å². The van der Waals surface area contributed by atoms with Gasteiger partial charge in [-0.05, 0) is 42.5 Å². The van der Waals surface area contributed by atoms with E-state index >= 15 is 0 Å². The van der Waals surface area contributed by atoms with Gasteiger partial charge in [-0.2, -0.15) is 0 Å². The Kier molecular flexibility index (Phi) is 5.92. The molecule has 7 heteroatoms. The molecule has 1 aromatic carbocycles. The van der Waals surface area contributed by atoms with Crippen molar-refractivity contribution in [3.63, 3.8) is 0 Å². The first-order valence-corrected chi connectivity index (χ1v) is 11.7. The first kappa shape index (κ1) is 20.7. The van der Waals surface area contributed by atoms with E-state index in [1.807, 2.05) is 52.4 Å². The van der Waals surface area contributed by atoms with E-state index in [9.17, 15) is 9.59 Å². The van der Waals surface area contributed by atoms with Crippen LogP contribution in [0.4, 0.5) is 0 Å². The zero-order valence-corrected chi connectivity index (χ0v) is 18.4. The van der Waals surface area contributed by atoms with Crippen LogP contribution in [0.1, 0.15) is 39.4 Å². The fraction of sp³-hybridized carbons (Fsp3) is 0.280. The van der Waals surface area contributed by atoms with Crippen LogP contribution in [0.15, 0.2) is 70.7 Å². The van der Waals surface area contributed by atoms with Gasteiger partial charge in [-0.25, -0.2) is 0 Å². The van der Waals surface area contributed by atoms with E-state index in [0.717, 1.165) is 35.4 Å². The maximum Gasteiger partial charge on any atom is 0.271 e. The zero-order chi connectivity index (χ0) is 21.9. The second kappa shape index (κ2) is 9.14. The summed E-state index contributed by atoms with van der Waals surface area (Å²) in [5.74, 6) is 0.567. The molecule has 1 aliphatic rings. The van der Waals surface area contributed by atoms with Gasteiger partial charge in [0.1, 0.15) is 11.5 Å². The van der Waals surface area contributed by atoms with Gasteiger partial charge in [0.15, 0.2) is 5.78 Å². The topological polar surface area (TPSA) is 64.7 Å². The average molecular weight is 449 g/mol. The molecule has 1 aliphatic heterocycles. The number of aromatic nitrogens is 1. The van der Waals surface area contributed by atoms with E-state index in [1.54, 1.807) is 34.6 Å². The Hall–Kier alpha value is -3.16. The minimum Gasteiger partial charge on any atom is -0.467 e. The number of hydrogen-bond donors (Lipinski definition) is 0. The van der Waals surface area contributed by atoms with Gasteiger partial charge in [0.25, 0.3) is 5.91 Å². The van der Waals surface area contributed by atoms with Crippen LogP contribution in [0.3, 0.4) is 0 Å². The van der Waals surface area contributed by atoms with E-state index in [4.69, 9.17) is 9.15 Å². The van der Waals surface area contributed by atoms with Gasteiger partial charge in [-0.15, -0.1) is 11.3 Å². The molecule has 6 nitrogen and oxygen atoms in total. The number of fused-ring (bicyclic) bond motifs is 1. The summed E-state index contributed by atoms with van der Waals surface area (Å²) in [5, 5.41) is 1.98. The molecular formula is C25H24N2O4S. The van der Waals surface area contributed by atoms with Gasteiger partial charge in [-0.1, -0.05) is 30.3 Å². The molecule has 0 aliphatic carbocycles. The first-order valence-electron chi connectivity index (χ1n) is 10.8. The van der Waals surface area contributed by atoms with Crippen LogP contribution in [-0.4, -0.2) is 40.4 Å². The average Bonchev–Trinajstić information content (AvgIpc) is 3.61. The zero-order valence-electron chi connectivity index (χ0n) is 17.6. The number of Topliss-reactive ketones (excluding diaryl/α,β-unsaturated/α-hetero) is 1. The van der Waals surface area contributed by atoms with Crippen molar-refractivity contribution in [2.45, 2.75) is 32.0 Å². The molecule has 5 rings (SSSR count). The summed E-state index contributed by atoms with van der Waals surface area (Å²) in [6.45, 7) is 1.69. The van der Waals surface area contributed by atoms with E-state index in [1.165, 1.54) is 0 Å². The van der Waals surface area contributed by atoms with Gasteiger partial charge in [-0.3, -0.25) is 9.59 Å². The van der Waals surface area contributed by atoms with Crippen LogP contribution >= 0.6 is 11.3 Å². The number of thiophene rings is 1. The standard InChI is InChI=1S/C25H24N2O4S/c28-23(18-6-2-1-3-7-18)17-27-21-10-13-32-24(21)14-22(27)25(29)26(15-19-8-4-11-30-19)16-20-9-5-12-31-20/h1-4,6-8,10-11,13-14,20H,5,9,12,15-17H2/t20-/m0/s1. The highest BCUT2D eigenvalue weighted by Crippen LogP contribution is 2.27. The molecule has 1 atom stereocenters. The Morgan fingerprint density at radius 2 is 2.00 bits per heavy atom. The SMILES string of the molecule is O=C(Cn1c(C(=O)N(Cc2ccco2)C[C@@H]2CCCO2)cc2sccc21)c1ccccc1. The van der Waals surface area contributed by atoms with Crippen LogP contribution in [0, 0.1) is 0 Å². The minimum absolute atomic E-state index is 0.0180. The highest BCUT2D eigenvalue weighted by Gasteiger charge is 2.28. The van der Waals surface area contributed by atoms with Crippen molar-refractivity contribution in [3.8, 4) is 0 Å². The Bertz CT molecular complexity index is 1200. The molecule has 1 saturated heterocycles. The molecule has 4 aromatic rings. The van der Waals surface area contributed by atoms with E-state index in [2.05, 4.69) is 0 Å². The predicted molar refractivity (Wildman–Crippen MR) is 123 cm³/mol. The van der Waals surface area contributed by atoms with Crippen molar-refractivity contribution in [1.29, 1.82) is 0 Å². The summed E-state index contributed by atoms with van der Waals surface area (Å²) < 4.78 is 14.2. The summed E-state index contributed by atoms with van der Waals surface area (Å²) in [5.41, 5.74) is 2.05. The van der Waals surface area contributed by atoms with Gasteiger partial charge in [0.2, 0.25) is 0 Å². The summed E-state index contributed by atoms with van der Waals surface area (Å²) in [6, 6.07) is 16.7. The molecule has 32 heavy (non-hydrogen) atoms. The molecule has 0 bridgehead atoms. The van der Waals surface area contributed by atoms with Crippen LogP contribution < -0.4 is 0 Å². The highest BCUT2D eigenvalue weighted by molar-refractivity contribution is 7.17. The van der Waals surface area contributed by atoms with Crippen molar-refractivity contribution < 1.29 is 18.7 Å². The quantitative estimate of drug-likeness (QED) is 0.356. The molecule has 0 saturated carbocycles. The summed E-state index contributed by atoms with van der Waals surface area (Å²) in [4.78, 5) is 28.5. The van der Waals surface area contributed by atoms with E-state index in [0.29, 0.717) is 24.3 Å². The third-order valence-electron chi connectivity index (χ3n) is 5.80. The van der Waals surface area contributed by atoms with Crippen molar-refractivity contribution >= 4 is 33.2 Å². The molecular weight excluding hydrogens is 424 g/mol. The number of nitrogens with zero attached hydrogens (tertiary/aromatic N) is 2. The lowest BCUT2D eigenvalue weighted by molar-refractivity contribution is 0.0484. The maximum absolute atomic E-state index is 13.8. The van der Waals surface area contributed by atoms with Crippen LogP contribution in [0.25, 0.3) is 10.2 Å². The number of rotatable bonds is 8. The molecule has 1 fully saturated rings. The summed E-state index contributed by atoms with van der Waals surface area (Å²) in [6.07, 6.45) is 3.57. The smallest absolute Gasteiger partial charge is 0.271 e. The van der Waals surface area contributed by atoms with E-state index in [-0.39, 0.29) is 24.3 Å². The Morgan fingerprint density at radius 3 is 2.75 bits per heavy atom. The summed E-state index contributed by atoms with van der Waals surface area (Å²) >= 11 is 1.57. The van der Waals surface area contributed by atoms with Crippen molar-refractivity contribution in [2.75, 3.05) is 13.2 Å². The highest BCUT2D eigenvalue weighted by atomic mass is 32.1. The number of carbonyl (C=O) groups is 2. The predicted octanol–water partition coefficient (Wildman–Crippen LogP) is 5.00. The van der Waals surface area contributed by atoms with Crippen molar-refractivity contribution in [3.05, 3.63) is 83.3 Å². The van der Waals surface area contributed by atoms with Gasteiger partial charge in [0.05, 0.1) is 35.7 Å². The lowest BCUT2D eigenvalue weighted by Crippen LogP contribution is -2.38. The molecule has 164 valence electrons. The minimum atomic E-state index is -0.124. The molecule has 0 N–H and O–H groups in total. The molecule has 0 spiro atoms. The molecule has 0 radical (unpaired) electrons. The van der Waals surface area contributed by atoms with Gasteiger partial charge >= 0.3 is 0 Å². The van der Waals surface area contributed by atoms with Crippen LogP contribution in [-0.2, 0) is 17.8 Å². The van der Waals surface area contributed by atoms with Gasteiger partial charge < -0.3 is 18.6 Å². The molecule has 0 unspecified atom stereocenters. The van der Waals surface area contributed by atoms with Crippen molar-refractivity contribution in [2.24, 2.45) is 0 Å². The lowest BCUT2D eigenvalue weighted by atomic mass is 10.1. The number of amides is 1.